The topological polar surface area (TPSA) is 48.9 Å². The second kappa shape index (κ2) is 9.69. The van der Waals surface area contributed by atoms with Gasteiger partial charge in [0.1, 0.15) is 11.6 Å². The number of fused-ring (bicyclic) bond motifs is 1. The molecule has 2 saturated heterocycles. The number of amides is 1. The molecule has 0 saturated carbocycles. The Balaban J connectivity index is 1.54. The molecule has 0 bridgehead atoms. The summed E-state index contributed by atoms with van der Waals surface area (Å²) >= 11 is 0. The minimum Gasteiger partial charge on any atom is -0.497 e. The quantitative estimate of drug-likeness (QED) is 0.710. The molecule has 0 radical (unpaired) electrons. The number of nitrogens with zero attached hydrogens (tertiary/aromatic N) is 4. The van der Waals surface area contributed by atoms with E-state index in [4.69, 9.17) is 4.74 Å². The van der Waals surface area contributed by atoms with E-state index in [0.717, 1.165) is 55.9 Å². The number of carbonyl (C=O) groups excluding carboxylic acids is 1. The van der Waals surface area contributed by atoms with Crippen molar-refractivity contribution in [3.8, 4) is 5.75 Å². The highest BCUT2D eigenvalue weighted by Gasteiger charge is 2.40. The van der Waals surface area contributed by atoms with Crippen molar-refractivity contribution in [2.45, 2.75) is 57.3 Å². The summed E-state index contributed by atoms with van der Waals surface area (Å²) in [4.78, 5) is 24.5. The highest BCUT2D eigenvalue weighted by Crippen LogP contribution is 2.33. The Morgan fingerprint density at radius 1 is 1.06 bits per heavy atom. The van der Waals surface area contributed by atoms with Crippen molar-refractivity contribution in [1.82, 2.24) is 14.8 Å². The number of benzene rings is 1. The van der Waals surface area contributed by atoms with Crippen molar-refractivity contribution < 1.29 is 9.53 Å². The van der Waals surface area contributed by atoms with Crippen LogP contribution in [0.1, 0.15) is 43.2 Å². The van der Waals surface area contributed by atoms with E-state index in [0.29, 0.717) is 24.9 Å². The Morgan fingerprint density at radius 2 is 1.87 bits per heavy atom. The van der Waals surface area contributed by atoms with Crippen molar-refractivity contribution in [2.75, 3.05) is 32.6 Å². The van der Waals surface area contributed by atoms with Crippen LogP contribution in [0.4, 0.5) is 5.82 Å². The predicted octanol–water partition coefficient (Wildman–Crippen LogP) is 3.70. The van der Waals surface area contributed by atoms with Gasteiger partial charge >= 0.3 is 0 Å². The molecule has 6 nitrogen and oxygen atoms in total. The number of aromatic nitrogens is 1. The number of anilines is 1. The van der Waals surface area contributed by atoms with Gasteiger partial charge in [-0.15, -0.1) is 0 Å². The van der Waals surface area contributed by atoms with E-state index in [1.165, 1.54) is 5.56 Å². The van der Waals surface area contributed by atoms with E-state index in [1.807, 2.05) is 38.5 Å². The SMILES string of the molecule is COc1ccc(CN2C(=O)CCCC[C@@H]3[C@@H]2CCN3Cc2cccnc2N(C)C)cc1. The number of rotatable bonds is 6. The van der Waals surface area contributed by atoms with Crippen LogP contribution < -0.4 is 9.64 Å². The molecule has 0 unspecified atom stereocenters. The summed E-state index contributed by atoms with van der Waals surface area (Å²) < 4.78 is 5.29. The highest BCUT2D eigenvalue weighted by molar-refractivity contribution is 5.76. The summed E-state index contributed by atoms with van der Waals surface area (Å²) in [6, 6.07) is 13.0. The molecule has 1 aromatic heterocycles. The average Bonchev–Trinajstić information content (AvgIpc) is 3.16. The molecule has 2 aliphatic rings. The van der Waals surface area contributed by atoms with E-state index in [2.05, 4.69) is 37.9 Å². The number of carbonyl (C=O) groups is 1. The van der Waals surface area contributed by atoms with Crippen LogP contribution in [0.3, 0.4) is 0 Å². The summed E-state index contributed by atoms with van der Waals surface area (Å²) in [6.45, 7) is 2.57. The summed E-state index contributed by atoms with van der Waals surface area (Å²) in [7, 11) is 5.77. The molecule has 6 heteroatoms. The lowest BCUT2D eigenvalue weighted by Gasteiger charge is -2.38. The molecule has 1 amide bonds. The van der Waals surface area contributed by atoms with Gasteiger partial charge < -0.3 is 14.5 Å². The number of hydrogen-bond donors (Lipinski definition) is 0. The standard InChI is InChI=1S/C25H34N4O2/c1-27(2)25-20(7-6-15-26-25)18-28-16-14-23-22(28)8-4-5-9-24(30)29(23)17-19-10-12-21(31-3)13-11-19/h6-7,10-13,15,22-23H,4-5,8-9,14,16-18H2,1-3H3/t22-,23+/m1/s1. The van der Waals surface area contributed by atoms with E-state index in [-0.39, 0.29) is 6.04 Å². The molecular weight excluding hydrogens is 388 g/mol. The summed E-state index contributed by atoms with van der Waals surface area (Å²) in [5.41, 5.74) is 2.41. The predicted molar refractivity (Wildman–Crippen MR) is 123 cm³/mol. The maximum atomic E-state index is 13.1. The van der Waals surface area contributed by atoms with Crippen molar-refractivity contribution in [3.05, 3.63) is 53.7 Å². The van der Waals surface area contributed by atoms with Crippen LogP contribution in [0.25, 0.3) is 0 Å². The number of methoxy groups -OCH3 is 1. The van der Waals surface area contributed by atoms with Gasteiger partial charge in [0, 0.05) is 64.0 Å². The van der Waals surface area contributed by atoms with Gasteiger partial charge in [-0.1, -0.05) is 24.6 Å². The normalized spacial score (nSPS) is 22.0. The van der Waals surface area contributed by atoms with E-state index in [9.17, 15) is 4.79 Å². The van der Waals surface area contributed by atoms with Gasteiger partial charge in [0.15, 0.2) is 0 Å². The Kier molecular flexibility index (Phi) is 6.76. The summed E-state index contributed by atoms with van der Waals surface area (Å²) in [5.74, 6) is 2.17. The number of likely N-dealkylation sites (tertiary alicyclic amines) is 2. The lowest BCUT2D eigenvalue weighted by molar-refractivity contribution is -0.135. The van der Waals surface area contributed by atoms with Gasteiger partial charge in [-0.3, -0.25) is 9.69 Å². The molecule has 1 aromatic carbocycles. The molecule has 4 rings (SSSR count). The van der Waals surface area contributed by atoms with Crippen molar-refractivity contribution in [2.24, 2.45) is 0 Å². The minimum atomic E-state index is 0.273. The molecule has 0 spiro atoms. The fourth-order valence-corrected chi connectivity index (χ4v) is 5.10. The molecule has 166 valence electrons. The Morgan fingerprint density at radius 3 is 2.61 bits per heavy atom. The van der Waals surface area contributed by atoms with Crippen LogP contribution in [0, 0.1) is 0 Å². The van der Waals surface area contributed by atoms with Gasteiger partial charge in [-0.25, -0.2) is 4.98 Å². The van der Waals surface area contributed by atoms with E-state index in [1.54, 1.807) is 7.11 Å². The van der Waals surface area contributed by atoms with Gasteiger partial charge in [0.2, 0.25) is 5.91 Å². The smallest absolute Gasteiger partial charge is 0.223 e. The second-order valence-corrected chi connectivity index (χ2v) is 8.89. The van der Waals surface area contributed by atoms with Gasteiger partial charge in [-0.05, 0) is 43.0 Å². The molecule has 0 N–H and O–H groups in total. The molecule has 3 heterocycles. The second-order valence-electron chi connectivity index (χ2n) is 8.89. The van der Waals surface area contributed by atoms with Gasteiger partial charge in [0.05, 0.1) is 7.11 Å². The third-order valence-corrected chi connectivity index (χ3v) is 6.66. The van der Waals surface area contributed by atoms with Crippen LogP contribution in [-0.4, -0.2) is 60.5 Å². The van der Waals surface area contributed by atoms with Crippen molar-refractivity contribution in [1.29, 1.82) is 0 Å². The largest absolute Gasteiger partial charge is 0.497 e. The fourth-order valence-electron chi connectivity index (χ4n) is 5.10. The Labute approximate surface area is 185 Å². The fraction of sp³-hybridized carbons (Fsp3) is 0.520. The van der Waals surface area contributed by atoms with Crippen molar-refractivity contribution in [3.63, 3.8) is 0 Å². The monoisotopic (exact) mass is 422 g/mol. The van der Waals surface area contributed by atoms with Crippen LogP contribution in [-0.2, 0) is 17.9 Å². The van der Waals surface area contributed by atoms with Gasteiger partial charge in [-0.2, -0.15) is 0 Å². The first-order valence-electron chi connectivity index (χ1n) is 11.3. The first-order chi connectivity index (χ1) is 15.1. The van der Waals surface area contributed by atoms with E-state index >= 15 is 0 Å². The first-order valence-corrected chi connectivity index (χ1v) is 11.3. The summed E-state index contributed by atoms with van der Waals surface area (Å²) in [5, 5.41) is 0. The first kappa shape index (κ1) is 21.6. The molecular formula is C25H34N4O2. The third kappa shape index (κ3) is 4.85. The minimum absolute atomic E-state index is 0.273. The molecule has 31 heavy (non-hydrogen) atoms. The van der Waals surface area contributed by atoms with Crippen LogP contribution in [0.15, 0.2) is 42.6 Å². The lowest BCUT2D eigenvalue weighted by atomic mass is 9.96. The van der Waals surface area contributed by atoms with Crippen LogP contribution in [0.5, 0.6) is 5.75 Å². The Hall–Kier alpha value is -2.60. The van der Waals surface area contributed by atoms with E-state index < -0.39 is 0 Å². The molecule has 0 aliphatic carbocycles. The average molecular weight is 423 g/mol. The maximum Gasteiger partial charge on any atom is 0.223 e. The maximum absolute atomic E-state index is 13.1. The number of pyridine rings is 1. The van der Waals surface area contributed by atoms with Crippen molar-refractivity contribution >= 4 is 11.7 Å². The summed E-state index contributed by atoms with van der Waals surface area (Å²) in [6.07, 6.45) is 6.79. The lowest BCUT2D eigenvalue weighted by Crippen LogP contribution is -2.48. The zero-order valence-electron chi connectivity index (χ0n) is 19.0. The van der Waals surface area contributed by atoms with Crippen LogP contribution >= 0.6 is 0 Å². The molecule has 2 aliphatic heterocycles. The molecule has 2 aromatic rings. The molecule has 2 fully saturated rings. The Bertz CT molecular complexity index is 883. The molecule has 2 atom stereocenters. The van der Waals surface area contributed by atoms with Gasteiger partial charge in [0.25, 0.3) is 0 Å². The zero-order chi connectivity index (χ0) is 21.8. The third-order valence-electron chi connectivity index (χ3n) is 6.66. The number of hydrogen-bond acceptors (Lipinski definition) is 5. The van der Waals surface area contributed by atoms with Crippen LogP contribution in [0.2, 0.25) is 0 Å². The zero-order valence-corrected chi connectivity index (χ0v) is 19.0. The highest BCUT2D eigenvalue weighted by atomic mass is 16.5. The number of ether oxygens (including phenoxy) is 1.